The normalized spacial score (nSPS) is 22.3. The van der Waals surface area contributed by atoms with Crippen LogP contribution in [0.5, 0.6) is 5.75 Å². The van der Waals surface area contributed by atoms with Gasteiger partial charge < -0.3 is 15.2 Å². The van der Waals surface area contributed by atoms with Crippen molar-refractivity contribution in [2.45, 2.75) is 23.4 Å². The fourth-order valence-corrected chi connectivity index (χ4v) is 6.85. The first-order valence-electron chi connectivity index (χ1n) is 10.9. The van der Waals surface area contributed by atoms with Crippen LogP contribution in [0.25, 0.3) is 11.1 Å². The Hall–Kier alpha value is -2.94. The molecule has 0 radical (unpaired) electrons. The number of fused-ring (bicyclic) bond motifs is 3. The molecule has 0 aliphatic carbocycles. The maximum Gasteiger partial charge on any atom is 0.246 e. The number of hydrogen-bond acceptors (Lipinski definition) is 5. The molecule has 2 N–H and O–H groups in total. The predicted molar refractivity (Wildman–Crippen MR) is 124 cm³/mol. The van der Waals surface area contributed by atoms with Gasteiger partial charge in [0, 0.05) is 23.7 Å². The van der Waals surface area contributed by atoms with Gasteiger partial charge in [-0.2, -0.15) is 4.31 Å². The molecule has 2 aliphatic heterocycles. The molecule has 0 spiro atoms. The molecular weight excluding hydrogens is 443 g/mol. The highest BCUT2D eigenvalue weighted by atomic mass is 32.2. The van der Waals surface area contributed by atoms with Crippen LogP contribution in [-0.2, 0) is 10.0 Å². The molecule has 0 saturated carbocycles. The average molecular weight is 469 g/mol. The van der Waals surface area contributed by atoms with Gasteiger partial charge in [0.25, 0.3) is 0 Å². The van der Waals surface area contributed by atoms with Gasteiger partial charge in [-0.3, -0.25) is 0 Å². The number of halogens is 1. The third-order valence-corrected chi connectivity index (χ3v) is 8.58. The van der Waals surface area contributed by atoms with Gasteiger partial charge in [0.05, 0.1) is 25.8 Å². The van der Waals surface area contributed by atoms with Crippen LogP contribution in [0.2, 0.25) is 0 Å². The molecule has 172 valence electrons. The van der Waals surface area contributed by atoms with Gasteiger partial charge in [0.2, 0.25) is 10.0 Å². The van der Waals surface area contributed by atoms with Crippen LogP contribution in [0.15, 0.2) is 71.6 Å². The average Bonchev–Trinajstić information content (AvgIpc) is 3.30. The number of nitrogens with one attached hydrogen (secondary N) is 1. The molecule has 3 aromatic rings. The van der Waals surface area contributed by atoms with E-state index in [0.717, 1.165) is 28.4 Å². The van der Waals surface area contributed by atoms with E-state index in [1.807, 2.05) is 42.5 Å². The summed E-state index contributed by atoms with van der Waals surface area (Å²) in [5, 5.41) is 13.4. The van der Waals surface area contributed by atoms with Crippen LogP contribution in [0.1, 0.15) is 18.0 Å². The lowest BCUT2D eigenvalue weighted by Gasteiger charge is -2.39. The molecule has 33 heavy (non-hydrogen) atoms. The molecule has 0 unspecified atom stereocenters. The van der Waals surface area contributed by atoms with Gasteiger partial charge in [0.1, 0.15) is 16.5 Å². The SMILES string of the molecule is COc1ccccc1-c1ccc2c(c1)[C@@H]1[C@@H](CCN1S(=O)(=O)c1ccccc1F)[C@@H](CO)N2. The van der Waals surface area contributed by atoms with Crippen molar-refractivity contribution in [1.82, 2.24) is 4.31 Å². The van der Waals surface area contributed by atoms with E-state index >= 15 is 0 Å². The van der Waals surface area contributed by atoms with Crippen molar-refractivity contribution in [3.05, 3.63) is 78.1 Å². The quantitative estimate of drug-likeness (QED) is 0.591. The third kappa shape index (κ3) is 3.58. The number of ether oxygens (including phenoxy) is 1. The summed E-state index contributed by atoms with van der Waals surface area (Å²) in [5.74, 6) is -0.193. The minimum absolute atomic E-state index is 0.123. The summed E-state index contributed by atoms with van der Waals surface area (Å²) in [7, 11) is -2.47. The molecule has 0 aromatic heterocycles. The largest absolute Gasteiger partial charge is 0.496 e. The first kappa shape index (κ1) is 21.9. The molecular formula is C25H25FN2O4S. The molecule has 8 heteroatoms. The smallest absolute Gasteiger partial charge is 0.246 e. The van der Waals surface area contributed by atoms with Crippen molar-refractivity contribution in [2.75, 3.05) is 25.6 Å². The van der Waals surface area contributed by atoms with Gasteiger partial charge in [0.15, 0.2) is 0 Å². The summed E-state index contributed by atoms with van der Waals surface area (Å²) in [6.45, 7) is 0.130. The Balaban J connectivity index is 1.64. The zero-order valence-electron chi connectivity index (χ0n) is 18.1. The molecule has 0 amide bonds. The van der Waals surface area contributed by atoms with Crippen molar-refractivity contribution in [3.63, 3.8) is 0 Å². The van der Waals surface area contributed by atoms with E-state index in [4.69, 9.17) is 4.74 Å². The zero-order valence-corrected chi connectivity index (χ0v) is 18.9. The Morgan fingerprint density at radius 3 is 2.64 bits per heavy atom. The summed E-state index contributed by atoms with van der Waals surface area (Å²) >= 11 is 0. The van der Waals surface area contributed by atoms with Crippen LogP contribution in [0.3, 0.4) is 0 Å². The van der Waals surface area contributed by atoms with E-state index in [9.17, 15) is 17.9 Å². The molecule has 1 saturated heterocycles. The summed E-state index contributed by atoms with van der Waals surface area (Å²) in [6.07, 6.45) is 0.564. The Bertz CT molecular complexity index is 1300. The Kier molecular flexibility index (Phi) is 5.60. The van der Waals surface area contributed by atoms with E-state index in [0.29, 0.717) is 12.2 Å². The number of methoxy groups -OCH3 is 1. The lowest BCUT2D eigenvalue weighted by Crippen LogP contribution is -2.43. The van der Waals surface area contributed by atoms with E-state index in [1.165, 1.54) is 22.5 Å². The maximum absolute atomic E-state index is 14.5. The monoisotopic (exact) mass is 468 g/mol. The van der Waals surface area contributed by atoms with Crippen molar-refractivity contribution < 1.29 is 22.7 Å². The van der Waals surface area contributed by atoms with Crippen LogP contribution in [0, 0.1) is 11.7 Å². The fraction of sp³-hybridized carbons (Fsp3) is 0.280. The standard InChI is InChI=1S/C25H25FN2O4S/c1-32-23-8-4-2-6-17(23)16-10-11-21-19(14-16)25-18(22(15-29)27-21)12-13-28(25)33(30,31)24-9-5-3-7-20(24)26/h2-11,14,18,22,25,27,29H,12-13,15H2,1H3/t18-,22+,25-/m0/s1. The Morgan fingerprint density at radius 2 is 1.88 bits per heavy atom. The highest BCUT2D eigenvalue weighted by molar-refractivity contribution is 7.89. The number of para-hydroxylation sites is 1. The second-order valence-corrected chi connectivity index (χ2v) is 10.2. The molecule has 0 bridgehead atoms. The first-order valence-corrected chi connectivity index (χ1v) is 12.3. The summed E-state index contributed by atoms with van der Waals surface area (Å²) in [4.78, 5) is -0.327. The van der Waals surface area contributed by atoms with Crippen LogP contribution >= 0.6 is 0 Å². The highest BCUT2D eigenvalue weighted by Crippen LogP contribution is 2.49. The highest BCUT2D eigenvalue weighted by Gasteiger charge is 2.49. The van der Waals surface area contributed by atoms with Gasteiger partial charge in [-0.15, -0.1) is 0 Å². The fourth-order valence-electron chi connectivity index (χ4n) is 5.12. The number of sulfonamides is 1. The van der Waals surface area contributed by atoms with Crippen molar-refractivity contribution in [2.24, 2.45) is 5.92 Å². The zero-order chi connectivity index (χ0) is 23.2. The minimum Gasteiger partial charge on any atom is -0.496 e. The number of aliphatic hydroxyl groups is 1. The first-order chi connectivity index (χ1) is 16.0. The molecule has 3 aromatic carbocycles. The van der Waals surface area contributed by atoms with Crippen molar-refractivity contribution >= 4 is 15.7 Å². The Morgan fingerprint density at radius 1 is 1.12 bits per heavy atom. The predicted octanol–water partition coefficient (Wildman–Crippen LogP) is 4.04. The number of rotatable bonds is 5. The molecule has 6 nitrogen and oxygen atoms in total. The van der Waals surface area contributed by atoms with Gasteiger partial charge in [-0.05, 0) is 47.9 Å². The molecule has 2 heterocycles. The number of anilines is 1. The molecule has 1 fully saturated rings. The minimum atomic E-state index is -4.08. The van der Waals surface area contributed by atoms with Crippen LogP contribution in [0.4, 0.5) is 10.1 Å². The van der Waals surface area contributed by atoms with Crippen LogP contribution in [-0.4, -0.2) is 44.1 Å². The molecule has 3 atom stereocenters. The summed E-state index contributed by atoms with van der Waals surface area (Å²) in [6, 6.07) is 18.1. The number of benzene rings is 3. The van der Waals surface area contributed by atoms with E-state index in [1.54, 1.807) is 7.11 Å². The van der Waals surface area contributed by atoms with E-state index < -0.39 is 21.9 Å². The van der Waals surface area contributed by atoms with Crippen molar-refractivity contribution in [3.8, 4) is 16.9 Å². The third-order valence-electron chi connectivity index (χ3n) is 6.66. The second kappa shape index (κ2) is 8.44. The molecule has 5 rings (SSSR count). The van der Waals surface area contributed by atoms with Crippen LogP contribution < -0.4 is 10.1 Å². The Labute approximate surface area is 192 Å². The lowest BCUT2D eigenvalue weighted by atomic mass is 9.82. The number of nitrogens with zero attached hydrogens (tertiary/aromatic N) is 1. The van der Waals surface area contributed by atoms with Gasteiger partial charge >= 0.3 is 0 Å². The number of aliphatic hydroxyl groups excluding tert-OH is 1. The van der Waals surface area contributed by atoms with Crippen molar-refractivity contribution in [1.29, 1.82) is 0 Å². The van der Waals surface area contributed by atoms with E-state index in [2.05, 4.69) is 5.32 Å². The summed E-state index contributed by atoms with van der Waals surface area (Å²) < 4.78 is 48.5. The van der Waals surface area contributed by atoms with Gasteiger partial charge in [-0.1, -0.05) is 36.4 Å². The topological polar surface area (TPSA) is 78.9 Å². The van der Waals surface area contributed by atoms with Gasteiger partial charge in [-0.25, -0.2) is 12.8 Å². The lowest BCUT2D eigenvalue weighted by molar-refractivity contribution is 0.210. The molecule has 2 aliphatic rings. The number of hydrogen-bond donors (Lipinski definition) is 2. The summed E-state index contributed by atoms with van der Waals surface area (Å²) in [5.41, 5.74) is 3.37. The van der Waals surface area contributed by atoms with E-state index in [-0.39, 0.29) is 30.0 Å². The maximum atomic E-state index is 14.5. The second-order valence-electron chi connectivity index (χ2n) is 8.38.